The van der Waals surface area contributed by atoms with Gasteiger partial charge < -0.3 is 0 Å². The van der Waals surface area contributed by atoms with Crippen LogP contribution in [0.5, 0.6) is 0 Å². The molecular weight excluding hydrogens is 188 g/mol. The highest BCUT2D eigenvalue weighted by Crippen LogP contribution is 2.12. The predicted molar refractivity (Wildman–Crippen MR) is 41.7 cm³/mol. The zero-order valence-electron chi connectivity index (χ0n) is 6.22. The van der Waals surface area contributed by atoms with Crippen LogP contribution in [-0.4, -0.2) is 4.57 Å². The summed E-state index contributed by atoms with van der Waals surface area (Å²) in [5.41, 5.74) is -0.356. The fourth-order valence-electron chi connectivity index (χ4n) is 0.769. The average molecular weight is 194 g/mol. The molecular formula is C7H6ClF2NO. The zero-order chi connectivity index (χ0) is 9.30. The van der Waals surface area contributed by atoms with Gasteiger partial charge in [-0.25, -0.2) is 0 Å². The Balaban J connectivity index is 3.37. The molecule has 0 bridgehead atoms. The highest BCUT2D eigenvalue weighted by atomic mass is 35.5. The minimum absolute atomic E-state index is 0.155. The van der Waals surface area contributed by atoms with Gasteiger partial charge in [-0.2, -0.15) is 8.78 Å². The molecule has 0 spiro atoms. The summed E-state index contributed by atoms with van der Waals surface area (Å²) in [5.74, 6) is 0. The Labute approximate surface area is 72.4 Å². The van der Waals surface area contributed by atoms with E-state index >= 15 is 0 Å². The van der Waals surface area contributed by atoms with Crippen molar-refractivity contribution < 1.29 is 8.78 Å². The number of hydrogen-bond acceptors (Lipinski definition) is 1. The minimum atomic E-state index is -2.84. The molecule has 0 saturated heterocycles. The van der Waals surface area contributed by atoms with Gasteiger partial charge in [0.15, 0.2) is 0 Å². The zero-order valence-corrected chi connectivity index (χ0v) is 6.98. The van der Waals surface area contributed by atoms with E-state index in [0.29, 0.717) is 5.56 Å². The monoisotopic (exact) mass is 193 g/mol. The van der Waals surface area contributed by atoms with Crippen molar-refractivity contribution >= 4 is 11.6 Å². The van der Waals surface area contributed by atoms with E-state index < -0.39 is 12.1 Å². The lowest BCUT2D eigenvalue weighted by Gasteiger charge is -2.04. The molecule has 1 heterocycles. The van der Waals surface area contributed by atoms with Crippen molar-refractivity contribution in [3.8, 4) is 0 Å². The summed E-state index contributed by atoms with van der Waals surface area (Å²) in [5, 5.41) is -0.155. The van der Waals surface area contributed by atoms with Crippen LogP contribution >= 0.6 is 11.6 Å². The maximum absolute atomic E-state index is 12.0. The van der Waals surface area contributed by atoms with Gasteiger partial charge in [-0.15, -0.1) is 0 Å². The first-order valence-electron chi connectivity index (χ1n) is 3.19. The second-order valence-corrected chi connectivity index (χ2v) is 2.68. The van der Waals surface area contributed by atoms with Crippen LogP contribution in [0.15, 0.2) is 17.1 Å². The number of pyridine rings is 1. The van der Waals surface area contributed by atoms with Crippen LogP contribution < -0.4 is 5.56 Å². The van der Waals surface area contributed by atoms with Gasteiger partial charge in [-0.3, -0.25) is 9.36 Å². The third kappa shape index (κ3) is 1.48. The van der Waals surface area contributed by atoms with E-state index in [0.717, 1.165) is 6.20 Å². The largest absolute Gasteiger partial charge is 0.321 e. The molecule has 66 valence electrons. The van der Waals surface area contributed by atoms with Crippen molar-refractivity contribution in [2.45, 2.75) is 13.5 Å². The van der Waals surface area contributed by atoms with Crippen LogP contribution in [0, 0.1) is 6.92 Å². The molecule has 0 unspecified atom stereocenters. The summed E-state index contributed by atoms with van der Waals surface area (Å²) in [6.07, 6.45) is 1.02. The third-order valence-corrected chi connectivity index (χ3v) is 1.92. The van der Waals surface area contributed by atoms with Crippen LogP contribution in [0.25, 0.3) is 0 Å². The summed E-state index contributed by atoms with van der Waals surface area (Å²) in [6, 6.07) is 1.37. The van der Waals surface area contributed by atoms with Crippen molar-refractivity contribution in [2.24, 2.45) is 0 Å². The van der Waals surface area contributed by atoms with Gasteiger partial charge in [-0.1, -0.05) is 11.6 Å². The smallest absolute Gasteiger partial charge is 0.267 e. The number of halogens is 3. The lowest BCUT2D eigenvalue weighted by atomic mass is 10.3. The molecule has 0 amide bonds. The second-order valence-electron chi connectivity index (χ2n) is 2.30. The molecule has 0 N–H and O–H groups in total. The van der Waals surface area contributed by atoms with E-state index in [-0.39, 0.29) is 9.59 Å². The number of nitrogens with zero attached hydrogens (tertiary/aromatic N) is 1. The lowest BCUT2D eigenvalue weighted by Crippen LogP contribution is -2.20. The molecule has 0 atom stereocenters. The maximum atomic E-state index is 12.0. The summed E-state index contributed by atoms with van der Waals surface area (Å²) < 4.78 is 24.4. The van der Waals surface area contributed by atoms with Crippen molar-refractivity contribution in [3.05, 3.63) is 33.2 Å². The molecule has 12 heavy (non-hydrogen) atoms. The summed E-state index contributed by atoms with van der Waals surface area (Å²) >= 11 is 5.46. The third-order valence-electron chi connectivity index (χ3n) is 1.46. The first-order chi connectivity index (χ1) is 5.54. The van der Waals surface area contributed by atoms with Gasteiger partial charge in [0.1, 0.15) is 5.02 Å². The predicted octanol–water partition coefficient (Wildman–Crippen LogP) is 2.21. The molecule has 1 rings (SSSR count). The Hall–Kier alpha value is -0.900. The quantitative estimate of drug-likeness (QED) is 0.670. The molecule has 2 nitrogen and oxygen atoms in total. The normalized spacial score (nSPS) is 10.8. The molecule has 0 aliphatic carbocycles. The summed E-state index contributed by atoms with van der Waals surface area (Å²) in [6.45, 7) is -1.25. The molecule has 0 aliphatic rings. The van der Waals surface area contributed by atoms with Gasteiger partial charge in [0.25, 0.3) is 5.56 Å². The van der Waals surface area contributed by atoms with E-state index in [9.17, 15) is 13.6 Å². The minimum Gasteiger partial charge on any atom is -0.267 e. The van der Waals surface area contributed by atoms with Crippen molar-refractivity contribution in [1.29, 1.82) is 0 Å². The van der Waals surface area contributed by atoms with E-state index in [2.05, 4.69) is 0 Å². The van der Waals surface area contributed by atoms with Gasteiger partial charge >= 0.3 is 6.55 Å². The number of aryl methyl sites for hydroxylation is 1. The first-order valence-corrected chi connectivity index (χ1v) is 3.57. The first kappa shape index (κ1) is 9.19. The van der Waals surface area contributed by atoms with Crippen LogP contribution in [-0.2, 0) is 0 Å². The van der Waals surface area contributed by atoms with Gasteiger partial charge in [0, 0.05) is 6.20 Å². The van der Waals surface area contributed by atoms with E-state index in [4.69, 9.17) is 11.6 Å². The molecule has 0 radical (unpaired) electrons. The molecule has 1 aromatic rings. The number of hydrogen-bond donors (Lipinski definition) is 0. The molecule has 0 fully saturated rings. The van der Waals surface area contributed by atoms with Crippen molar-refractivity contribution in [3.63, 3.8) is 0 Å². The van der Waals surface area contributed by atoms with Crippen LogP contribution in [0.3, 0.4) is 0 Å². The lowest BCUT2D eigenvalue weighted by molar-refractivity contribution is 0.0663. The Morgan fingerprint density at radius 2 is 2.17 bits per heavy atom. The Kier molecular flexibility index (Phi) is 2.47. The molecule has 0 aromatic carbocycles. The van der Waals surface area contributed by atoms with Crippen LogP contribution in [0.2, 0.25) is 5.02 Å². The fraction of sp³-hybridized carbons (Fsp3) is 0.286. The summed E-state index contributed by atoms with van der Waals surface area (Å²) in [7, 11) is 0. The van der Waals surface area contributed by atoms with Gasteiger partial charge in [-0.05, 0) is 18.6 Å². The topological polar surface area (TPSA) is 22.0 Å². The van der Waals surface area contributed by atoms with E-state index in [1.165, 1.54) is 6.07 Å². The molecule has 0 saturated carbocycles. The number of aromatic nitrogens is 1. The average Bonchev–Trinajstić information content (AvgIpc) is 2.00. The van der Waals surface area contributed by atoms with Crippen LogP contribution in [0.1, 0.15) is 12.1 Å². The SMILES string of the molecule is Cc1ccn(C(F)F)c(=O)c1Cl. The summed E-state index contributed by atoms with van der Waals surface area (Å²) in [4.78, 5) is 11.0. The Morgan fingerprint density at radius 1 is 1.58 bits per heavy atom. The molecule has 0 aliphatic heterocycles. The number of rotatable bonds is 1. The Morgan fingerprint density at radius 3 is 2.67 bits per heavy atom. The second kappa shape index (κ2) is 3.23. The standard InChI is InChI=1S/C7H6ClF2NO/c1-4-2-3-11(7(9)10)6(12)5(4)8/h2-3,7H,1H3. The fourth-order valence-corrected chi connectivity index (χ4v) is 0.929. The highest BCUT2D eigenvalue weighted by Gasteiger charge is 2.10. The van der Waals surface area contributed by atoms with Gasteiger partial charge in [0.05, 0.1) is 0 Å². The maximum Gasteiger partial charge on any atom is 0.321 e. The van der Waals surface area contributed by atoms with Crippen molar-refractivity contribution in [2.75, 3.05) is 0 Å². The number of alkyl halides is 2. The van der Waals surface area contributed by atoms with Gasteiger partial charge in [0.2, 0.25) is 0 Å². The Bertz CT molecular complexity index is 348. The molecule has 5 heteroatoms. The van der Waals surface area contributed by atoms with E-state index in [1.54, 1.807) is 6.92 Å². The van der Waals surface area contributed by atoms with Crippen molar-refractivity contribution in [1.82, 2.24) is 4.57 Å². The van der Waals surface area contributed by atoms with E-state index in [1.807, 2.05) is 0 Å². The highest BCUT2D eigenvalue weighted by molar-refractivity contribution is 6.31. The molecule has 1 aromatic heterocycles. The van der Waals surface area contributed by atoms with Crippen LogP contribution in [0.4, 0.5) is 8.78 Å².